The second-order valence-electron chi connectivity index (χ2n) is 4.63. The number of benzene rings is 1. The van der Waals surface area contributed by atoms with E-state index in [9.17, 15) is 4.79 Å². The zero-order chi connectivity index (χ0) is 13.9. The van der Waals surface area contributed by atoms with Crippen molar-refractivity contribution in [1.29, 1.82) is 0 Å². The number of rotatable bonds is 4. The Morgan fingerprint density at radius 3 is 2.60 bits per heavy atom. The maximum Gasteiger partial charge on any atom is 0.250 e. The predicted molar refractivity (Wildman–Crippen MR) is 79.2 cm³/mol. The molecule has 1 aromatic carbocycles. The summed E-state index contributed by atoms with van der Waals surface area (Å²) in [6, 6.07) is 13.2. The number of hydrogen-bond acceptors (Lipinski definition) is 2. The van der Waals surface area contributed by atoms with Gasteiger partial charge in [-0.05, 0) is 24.3 Å². The van der Waals surface area contributed by atoms with Crippen molar-refractivity contribution in [3.8, 4) is 5.75 Å². The molecular formula is C16H16N2O2. The molecule has 0 atom stereocenters. The number of aromatic nitrogens is 2. The topological polar surface area (TPSA) is 36.2 Å². The van der Waals surface area contributed by atoms with Crippen LogP contribution in [0.2, 0.25) is 0 Å². The molecule has 20 heavy (non-hydrogen) atoms. The molecule has 102 valence electrons. The third kappa shape index (κ3) is 2.20. The van der Waals surface area contributed by atoms with Gasteiger partial charge in [-0.1, -0.05) is 12.1 Å². The number of nitrogens with zero attached hydrogens (tertiary/aromatic N) is 2. The van der Waals surface area contributed by atoms with Crippen molar-refractivity contribution >= 4 is 10.9 Å². The lowest BCUT2D eigenvalue weighted by molar-refractivity contribution is 0.420. The van der Waals surface area contributed by atoms with Gasteiger partial charge < -0.3 is 13.9 Å². The van der Waals surface area contributed by atoms with Crippen molar-refractivity contribution in [3.05, 3.63) is 65.2 Å². The molecule has 0 fully saturated rings. The molecule has 0 aliphatic heterocycles. The summed E-state index contributed by atoms with van der Waals surface area (Å²) in [4.78, 5) is 11.7. The first-order valence-electron chi connectivity index (χ1n) is 6.57. The molecule has 0 aliphatic carbocycles. The molecule has 0 saturated carbocycles. The van der Waals surface area contributed by atoms with Gasteiger partial charge in [-0.25, -0.2) is 0 Å². The van der Waals surface area contributed by atoms with Gasteiger partial charge in [0, 0.05) is 36.9 Å². The van der Waals surface area contributed by atoms with E-state index in [0.717, 1.165) is 23.2 Å². The van der Waals surface area contributed by atoms with Crippen molar-refractivity contribution < 1.29 is 4.74 Å². The number of fused-ring (bicyclic) bond motifs is 1. The van der Waals surface area contributed by atoms with Crippen LogP contribution in [0.15, 0.2) is 59.7 Å². The Hall–Kier alpha value is -2.49. The van der Waals surface area contributed by atoms with Gasteiger partial charge in [0.1, 0.15) is 5.75 Å². The van der Waals surface area contributed by atoms with E-state index in [2.05, 4.69) is 10.6 Å². The van der Waals surface area contributed by atoms with Gasteiger partial charge in [-0.3, -0.25) is 4.79 Å². The number of hydrogen-bond donors (Lipinski definition) is 0. The van der Waals surface area contributed by atoms with Crippen LogP contribution in [0.1, 0.15) is 0 Å². The summed E-state index contributed by atoms with van der Waals surface area (Å²) < 4.78 is 9.20. The van der Waals surface area contributed by atoms with Crippen LogP contribution in [0.3, 0.4) is 0 Å². The monoisotopic (exact) mass is 268 g/mol. The summed E-state index contributed by atoms with van der Waals surface area (Å²) in [7, 11) is 1.68. The number of pyridine rings is 1. The second-order valence-corrected chi connectivity index (χ2v) is 4.63. The van der Waals surface area contributed by atoms with Gasteiger partial charge in [-0.2, -0.15) is 0 Å². The maximum absolute atomic E-state index is 11.7. The summed E-state index contributed by atoms with van der Waals surface area (Å²) in [6.07, 6.45) is 3.84. The molecule has 4 heteroatoms. The Labute approximate surface area is 116 Å². The van der Waals surface area contributed by atoms with E-state index in [1.54, 1.807) is 23.8 Å². The molecule has 0 radical (unpaired) electrons. The van der Waals surface area contributed by atoms with Crippen LogP contribution in [0, 0.1) is 0 Å². The van der Waals surface area contributed by atoms with E-state index in [0.29, 0.717) is 6.54 Å². The van der Waals surface area contributed by atoms with Gasteiger partial charge in [0.05, 0.1) is 12.6 Å². The molecule has 0 saturated heterocycles. The number of aryl methyl sites for hydroxylation is 2. The predicted octanol–water partition coefficient (Wildman–Crippen LogP) is 2.51. The Balaban J connectivity index is 1.89. The molecular weight excluding hydrogens is 252 g/mol. The zero-order valence-corrected chi connectivity index (χ0v) is 11.3. The minimum absolute atomic E-state index is 0.0292. The van der Waals surface area contributed by atoms with Gasteiger partial charge in [0.25, 0.3) is 5.56 Å². The van der Waals surface area contributed by atoms with E-state index >= 15 is 0 Å². The van der Waals surface area contributed by atoms with Gasteiger partial charge in [0.15, 0.2) is 0 Å². The smallest absolute Gasteiger partial charge is 0.250 e. The van der Waals surface area contributed by atoms with Gasteiger partial charge in [0.2, 0.25) is 0 Å². The van der Waals surface area contributed by atoms with Crippen molar-refractivity contribution in [1.82, 2.24) is 9.13 Å². The van der Waals surface area contributed by atoms with Crippen LogP contribution in [0.5, 0.6) is 5.75 Å². The van der Waals surface area contributed by atoms with Crippen molar-refractivity contribution in [3.63, 3.8) is 0 Å². The second kappa shape index (κ2) is 5.25. The number of methoxy groups -OCH3 is 1. The number of ether oxygens (including phenoxy) is 1. The van der Waals surface area contributed by atoms with E-state index < -0.39 is 0 Å². The maximum atomic E-state index is 11.7. The fourth-order valence-corrected chi connectivity index (χ4v) is 2.43. The molecule has 0 unspecified atom stereocenters. The Kier molecular flexibility index (Phi) is 3.29. The van der Waals surface area contributed by atoms with Crippen LogP contribution in [0.4, 0.5) is 0 Å². The summed E-state index contributed by atoms with van der Waals surface area (Å²) in [6.45, 7) is 1.40. The van der Waals surface area contributed by atoms with Crippen molar-refractivity contribution in [2.75, 3.05) is 7.11 Å². The first kappa shape index (κ1) is 12.5. The van der Waals surface area contributed by atoms with E-state index in [1.165, 1.54) is 0 Å². The molecule has 3 rings (SSSR count). The lowest BCUT2D eigenvalue weighted by Crippen LogP contribution is -2.20. The minimum Gasteiger partial charge on any atom is -0.496 e. The highest BCUT2D eigenvalue weighted by molar-refractivity contribution is 5.86. The lowest BCUT2D eigenvalue weighted by Gasteiger charge is -2.08. The summed E-state index contributed by atoms with van der Waals surface area (Å²) in [5.41, 5.74) is 1.15. The first-order valence-corrected chi connectivity index (χ1v) is 6.57. The average Bonchev–Trinajstić information content (AvgIpc) is 2.89. The molecule has 2 aromatic heterocycles. The molecule has 0 aliphatic rings. The summed E-state index contributed by atoms with van der Waals surface area (Å²) in [5.74, 6) is 0.873. The lowest BCUT2D eigenvalue weighted by atomic mass is 10.2. The average molecular weight is 268 g/mol. The highest BCUT2D eigenvalue weighted by Crippen LogP contribution is 2.26. The molecule has 3 aromatic rings. The SMILES string of the molecule is COc1cccc2c1ccn2CCn1ccccc1=O. The van der Waals surface area contributed by atoms with Crippen LogP contribution in [-0.2, 0) is 13.1 Å². The van der Waals surface area contributed by atoms with Crippen LogP contribution >= 0.6 is 0 Å². The third-order valence-corrected chi connectivity index (χ3v) is 3.47. The van der Waals surface area contributed by atoms with E-state index in [4.69, 9.17) is 4.74 Å². The van der Waals surface area contributed by atoms with Gasteiger partial charge in [-0.15, -0.1) is 0 Å². The van der Waals surface area contributed by atoms with Crippen LogP contribution in [0.25, 0.3) is 10.9 Å². The summed E-state index contributed by atoms with van der Waals surface area (Å²) in [5, 5.41) is 1.09. The third-order valence-electron chi connectivity index (χ3n) is 3.47. The Morgan fingerprint density at radius 2 is 1.80 bits per heavy atom. The van der Waals surface area contributed by atoms with Crippen LogP contribution < -0.4 is 10.3 Å². The highest BCUT2D eigenvalue weighted by Gasteiger charge is 2.05. The van der Waals surface area contributed by atoms with Crippen LogP contribution in [-0.4, -0.2) is 16.2 Å². The molecule has 0 bridgehead atoms. The minimum atomic E-state index is 0.0292. The Bertz CT molecular complexity index is 786. The van der Waals surface area contributed by atoms with E-state index in [-0.39, 0.29) is 5.56 Å². The van der Waals surface area contributed by atoms with E-state index in [1.807, 2.05) is 36.7 Å². The molecule has 0 spiro atoms. The normalized spacial score (nSPS) is 10.8. The zero-order valence-electron chi connectivity index (χ0n) is 11.3. The fourth-order valence-electron chi connectivity index (χ4n) is 2.43. The molecule has 0 N–H and O–H groups in total. The molecule has 0 amide bonds. The van der Waals surface area contributed by atoms with Gasteiger partial charge >= 0.3 is 0 Å². The molecule has 4 nitrogen and oxygen atoms in total. The Morgan fingerprint density at radius 1 is 0.950 bits per heavy atom. The standard InChI is InChI=1S/C16H16N2O2/c1-20-15-6-4-5-14-13(15)8-10-17(14)11-12-18-9-3-2-7-16(18)19/h2-10H,11-12H2,1H3. The highest BCUT2D eigenvalue weighted by atomic mass is 16.5. The molecule has 2 heterocycles. The largest absolute Gasteiger partial charge is 0.496 e. The first-order chi connectivity index (χ1) is 9.79. The fraction of sp³-hybridized carbons (Fsp3) is 0.188. The summed E-state index contributed by atoms with van der Waals surface area (Å²) >= 11 is 0. The quantitative estimate of drug-likeness (QED) is 0.729. The van der Waals surface area contributed by atoms with Crippen molar-refractivity contribution in [2.45, 2.75) is 13.1 Å². The van der Waals surface area contributed by atoms with Crippen molar-refractivity contribution in [2.24, 2.45) is 0 Å².